The van der Waals surface area contributed by atoms with Gasteiger partial charge in [-0.2, -0.15) is 0 Å². The first-order valence-corrected chi connectivity index (χ1v) is 6.57. The number of carbonyl (C=O) groups is 2. The number of nitrogen functional groups attached to an aromatic ring is 1. The van der Waals surface area contributed by atoms with E-state index in [1.807, 2.05) is 4.98 Å². The topological polar surface area (TPSA) is 152 Å². The Kier molecular flexibility index (Phi) is 4.45. The second-order valence-electron chi connectivity index (χ2n) is 4.64. The number of pyridine rings is 1. The number of carboxylic acid groups (broad SMARTS) is 2. The molecule has 0 radical (unpaired) electrons. The summed E-state index contributed by atoms with van der Waals surface area (Å²) < 4.78 is 10.3. The largest absolute Gasteiger partial charge is 0.493 e. The quantitative estimate of drug-likeness (QED) is 0.633. The number of benzene rings is 1. The van der Waals surface area contributed by atoms with Crippen molar-refractivity contribution in [1.82, 2.24) is 4.98 Å². The standard InChI is InChI=1S/C15H14N2O7/c1-23-7-5-3-4-6(11(7)24-2)8-9(14(19)20)12(16)17-13(18)10(8)15(21)22/h3-5H,1-2H3,(H,19,20)(H,21,22)(H3,16,17,18). The summed E-state index contributed by atoms with van der Waals surface area (Å²) in [7, 11) is 2.67. The van der Waals surface area contributed by atoms with Crippen LogP contribution in [0.4, 0.5) is 5.82 Å². The molecule has 0 unspecified atom stereocenters. The van der Waals surface area contributed by atoms with E-state index in [1.165, 1.54) is 26.4 Å². The van der Waals surface area contributed by atoms with Gasteiger partial charge in [-0.05, 0) is 6.07 Å². The Morgan fingerprint density at radius 1 is 1.08 bits per heavy atom. The van der Waals surface area contributed by atoms with Crippen LogP contribution in [0, 0.1) is 0 Å². The van der Waals surface area contributed by atoms with Crippen molar-refractivity contribution >= 4 is 17.8 Å². The van der Waals surface area contributed by atoms with Crippen molar-refractivity contribution in [2.75, 3.05) is 20.0 Å². The smallest absolute Gasteiger partial charge is 0.342 e. The van der Waals surface area contributed by atoms with Crippen LogP contribution in [-0.4, -0.2) is 41.4 Å². The Morgan fingerprint density at radius 3 is 2.21 bits per heavy atom. The van der Waals surface area contributed by atoms with Gasteiger partial charge < -0.3 is 30.4 Å². The highest BCUT2D eigenvalue weighted by Crippen LogP contribution is 2.41. The van der Waals surface area contributed by atoms with Crippen molar-refractivity contribution in [3.05, 3.63) is 39.7 Å². The van der Waals surface area contributed by atoms with Crippen molar-refractivity contribution < 1.29 is 29.3 Å². The monoisotopic (exact) mass is 334 g/mol. The molecule has 24 heavy (non-hydrogen) atoms. The normalized spacial score (nSPS) is 10.2. The van der Waals surface area contributed by atoms with E-state index in [9.17, 15) is 24.6 Å². The molecule has 0 saturated heterocycles. The van der Waals surface area contributed by atoms with Gasteiger partial charge in [0.05, 0.1) is 14.2 Å². The molecule has 9 nitrogen and oxygen atoms in total. The lowest BCUT2D eigenvalue weighted by Gasteiger charge is -2.16. The highest BCUT2D eigenvalue weighted by Gasteiger charge is 2.29. The molecule has 0 aliphatic heterocycles. The molecule has 2 aromatic rings. The van der Waals surface area contributed by atoms with Crippen LogP contribution in [0.5, 0.6) is 11.5 Å². The number of hydrogen-bond donors (Lipinski definition) is 4. The first kappa shape index (κ1) is 16.9. The zero-order chi connectivity index (χ0) is 18.0. The maximum Gasteiger partial charge on any atom is 0.342 e. The molecule has 9 heteroatoms. The van der Waals surface area contributed by atoms with Crippen molar-refractivity contribution in [1.29, 1.82) is 0 Å². The second kappa shape index (κ2) is 6.32. The number of H-pyrrole nitrogens is 1. The number of hydrogen-bond acceptors (Lipinski definition) is 6. The molecule has 2 rings (SSSR count). The van der Waals surface area contributed by atoms with Crippen LogP contribution in [0.15, 0.2) is 23.0 Å². The van der Waals surface area contributed by atoms with E-state index in [1.54, 1.807) is 6.07 Å². The molecule has 0 fully saturated rings. The number of ether oxygens (including phenoxy) is 2. The lowest BCUT2D eigenvalue weighted by atomic mass is 9.94. The molecule has 1 aromatic heterocycles. The number of anilines is 1. The summed E-state index contributed by atoms with van der Waals surface area (Å²) in [6, 6.07) is 4.46. The molecule has 126 valence electrons. The lowest BCUT2D eigenvalue weighted by molar-refractivity contribution is 0.0695. The summed E-state index contributed by atoms with van der Waals surface area (Å²) in [6.45, 7) is 0. The second-order valence-corrected chi connectivity index (χ2v) is 4.64. The summed E-state index contributed by atoms with van der Waals surface area (Å²) in [5.74, 6) is -3.24. The SMILES string of the molecule is COc1cccc(-c2c(C(=O)O)c(N)[nH]c(=O)c2C(=O)O)c1OC. The van der Waals surface area contributed by atoms with Crippen molar-refractivity contribution in [2.45, 2.75) is 0 Å². The minimum absolute atomic E-state index is 0.0597. The maximum absolute atomic E-state index is 12.0. The Labute approximate surface area is 135 Å². The fraction of sp³-hybridized carbons (Fsp3) is 0.133. The van der Waals surface area contributed by atoms with Gasteiger partial charge >= 0.3 is 11.9 Å². The molecule has 0 saturated carbocycles. The molecule has 1 heterocycles. The summed E-state index contributed by atoms with van der Waals surface area (Å²) in [5, 5.41) is 18.8. The van der Waals surface area contributed by atoms with Crippen LogP contribution in [0.2, 0.25) is 0 Å². The number of methoxy groups -OCH3 is 2. The molecule has 0 spiro atoms. The van der Waals surface area contributed by atoms with Crippen molar-refractivity contribution in [3.8, 4) is 22.6 Å². The van der Waals surface area contributed by atoms with Gasteiger partial charge in [0.15, 0.2) is 11.5 Å². The van der Waals surface area contributed by atoms with Gasteiger partial charge in [-0.1, -0.05) is 12.1 Å². The molecular weight excluding hydrogens is 320 g/mol. The number of carboxylic acids is 2. The van der Waals surface area contributed by atoms with E-state index in [-0.39, 0.29) is 22.6 Å². The maximum atomic E-state index is 12.0. The summed E-state index contributed by atoms with van der Waals surface area (Å²) >= 11 is 0. The fourth-order valence-corrected chi connectivity index (χ4v) is 2.40. The summed E-state index contributed by atoms with van der Waals surface area (Å²) in [6.07, 6.45) is 0. The third-order valence-electron chi connectivity index (χ3n) is 3.34. The Bertz CT molecular complexity index is 886. The molecule has 1 aromatic carbocycles. The fourth-order valence-electron chi connectivity index (χ4n) is 2.40. The lowest BCUT2D eigenvalue weighted by Crippen LogP contribution is -2.24. The zero-order valence-electron chi connectivity index (χ0n) is 12.7. The highest BCUT2D eigenvalue weighted by atomic mass is 16.5. The molecule has 0 bridgehead atoms. The number of nitrogens with two attached hydrogens (primary N) is 1. The van der Waals surface area contributed by atoms with E-state index >= 15 is 0 Å². The summed E-state index contributed by atoms with van der Waals surface area (Å²) in [4.78, 5) is 37.2. The molecule has 0 amide bonds. The number of rotatable bonds is 5. The zero-order valence-corrected chi connectivity index (χ0v) is 12.7. The summed E-state index contributed by atoms with van der Waals surface area (Å²) in [5.41, 5.74) is 2.97. The predicted octanol–water partition coefficient (Wildman–Crippen LogP) is 1.04. The van der Waals surface area contributed by atoms with E-state index in [4.69, 9.17) is 15.2 Å². The molecule has 5 N–H and O–H groups in total. The van der Waals surface area contributed by atoms with Gasteiger partial charge in [-0.25, -0.2) is 9.59 Å². The van der Waals surface area contributed by atoms with E-state index in [0.717, 1.165) is 0 Å². The Balaban J connectivity index is 3.06. The highest BCUT2D eigenvalue weighted by molar-refractivity contribution is 6.08. The average molecular weight is 334 g/mol. The number of nitrogens with one attached hydrogen (secondary N) is 1. The van der Waals surface area contributed by atoms with Crippen LogP contribution in [0.1, 0.15) is 20.7 Å². The number of aromatic nitrogens is 1. The minimum Gasteiger partial charge on any atom is -0.493 e. The first-order chi connectivity index (χ1) is 11.3. The third-order valence-corrected chi connectivity index (χ3v) is 3.34. The Hall–Kier alpha value is -3.49. The van der Waals surface area contributed by atoms with E-state index in [2.05, 4.69) is 0 Å². The van der Waals surface area contributed by atoms with Gasteiger partial charge in [0.25, 0.3) is 5.56 Å². The van der Waals surface area contributed by atoms with E-state index in [0.29, 0.717) is 0 Å². The predicted molar refractivity (Wildman–Crippen MR) is 83.9 cm³/mol. The first-order valence-electron chi connectivity index (χ1n) is 6.57. The van der Waals surface area contributed by atoms with Crippen LogP contribution < -0.4 is 20.8 Å². The van der Waals surface area contributed by atoms with Crippen LogP contribution >= 0.6 is 0 Å². The number of aromatic carboxylic acids is 2. The van der Waals surface area contributed by atoms with Crippen molar-refractivity contribution in [3.63, 3.8) is 0 Å². The number of aromatic amines is 1. The van der Waals surface area contributed by atoms with Gasteiger partial charge in [0.1, 0.15) is 16.9 Å². The molecular formula is C15H14N2O7. The minimum atomic E-state index is -1.60. The van der Waals surface area contributed by atoms with Crippen LogP contribution in [-0.2, 0) is 0 Å². The van der Waals surface area contributed by atoms with Crippen LogP contribution in [0.3, 0.4) is 0 Å². The molecule has 0 aliphatic rings. The van der Waals surface area contributed by atoms with Crippen molar-refractivity contribution in [2.24, 2.45) is 0 Å². The Morgan fingerprint density at radius 2 is 1.71 bits per heavy atom. The van der Waals surface area contributed by atoms with Gasteiger partial charge in [-0.3, -0.25) is 4.79 Å². The van der Waals surface area contributed by atoms with Gasteiger partial charge in [-0.15, -0.1) is 0 Å². The van der Waals surface area contributed by atoms with Gasteiger partial charge in [0.2, 0.25) is 0 Å². The van der Waals surface area contributed by atoms with Crippen LogP contribution in [0.25, 0.3) is 11.1 Å². The van der Waals surface area contributed by atoms with Gasteiger partial charge in [0, 0.05) is 11.1 Å². The average Bonchev–Trinajstić information content (AvgIpc) is 2.52. The number of para-hydroxylation sites is 1. The van der Waals surface area contributed by atoms with E-state index < -0.39 is 34.4 Å². The third kappa shape index (κ3) is 2.62. The molecule has 0 atom stereocenters. The molecule has 0 aliphatic carbocycles.